The third-order valence-corrected chi connectivity index (χ3v) is 10.1. The lowest BCUT2D eigenvalue weighted by Crippen LogP contribution is -2.59. The molecule has 7 nitrogen and oxygen atoms in total. The van der Waals surface area contributed by atoms with Crippen LogP contribution in [0, 0.1) is 17.2 Å². The van der Waals surface area contributed by atoms with Crippen molar-refractivity contribution in [3.63, 3.8) is 0 Å². The number of halogens is 3. The van der Waals surface area contributed by atoms with E-state index in [4.69, 9.17) is 23.2 Å². The predicted molar refractivity (Wildman–Crippen MR) is 169 cm³/mol. The van der Waals surface area contributed by atoms with E-state index in [9.17, 15) is 27.5 Å². The number of piperidine rings is 1. The van der Waals surface area contributed by atoms with Gasteiger partial charge in [0.05, 0.1) is 17.9 Å². The number of hydrogen-bond donors (Lipinski definition) is 2. The summed E-state index contributed by atoms with van der Waals surface area (Å²) >= 11 is 12.7. The van der Waals surface area contributed by atoms with E-state index in [2.05, 4.69) is 0 Å². The van der Waals surface area contributed by atoms with Gasteiger partial charge in [0.25, 0.3) is 0 Å². The zero-order valence-electron chi connectivity index (χ0n) is 24.2. The van der Waals surface area contributed by atoms with Crippen LogP contribution in [0.15, 0.2) is 72.8 Å². The van der Waals surface area contributed by atoms with Crippen molar-refractivity contribution in [1.82, 2.24) is 9.21 Å². The van der Waals surface area contributed by atoms with E-state index >= 15 is 0 Å². The van der Waals surface area contributed by atoms with Gasteiger partial charge in [-0.25, -0.2) is 17.1 Å². The van der Waals surface area contributed by atoms with Crippen molar-refractivity contribution in [2.24, 2.45) is 11.3 Å². The third-order valence-electron chi connectivity index (χ3n) is 8.83. The summed E-state index contributed by atoms with van der Waals surface area (Å²) in [6, 6.07) is 19.6. The second-order valence-corrected chi connectivity index (χ2v) is 14.1. The summed E-state index contributed by atoms with van der Waals surface area (Å²) in [6.45, 7) is 1.84. The Labute approximate surface area is 268 Å². The molecular formula is C33H35Cl2FN2O5S. The van der Waals surface area contributed by atoms with Crippen LogP contribution in [-0.2, 0) is 26.9 Å². The van der Waals surface area contributed by atoms with Gasteiger partial charge in [-0.1, -0.05) is 66.5 Å². The predicted octanol–water partition coefficient (Wildman–Crippen LogP) is 6.52. The molecule has 1 saturated carbocycles. The first-order chi connectivity index (χ1) is 20.9. The minimum absolute atomic E-state index is 0.0348. The molecule has 0 radical (unpaired) electrons. The number of carbonyl (C=O) groups excluding carboxylic acids is 1. The van der Waals surface area contributed by atoms with Gasteiger partial charge < -0.3 is 10.0 Å². The number of likely N-dealkylation sites (tertiary alicyclic amines) is 1. The van der Waals surface area contributed by atoms with Crippen LogP contribution >= 0.6 is 23.2 Å². The molecule has 1 aliphatic heterocycles. The molecule has 4 atom stereocenters. The van der Waals surface area contributed by atoms with Crippen LogP contribution in [0.4, 0.5) is 4.39 Å². The number of rotatable bonds is 12. The summed E-state index contributed by atoms with van der Waals surface area (Å²) < 4.78 is 40.3. The minimum Gasteiger partial charge on any atom is -0.481 e. The van der Waals surface area contributed by atoms with Crippen LogP contribution in [0.25, 0.3) is 0 Å². The van der Waals surface area contributed by atoms with Crippen LogP contribution in [-0.4, -0.2) is 53.7 Å². The quantitative estimate of drug-likeness (QED) is 0.216. The van der Waals surface area contributed by atoms with E-state index in [1.54, 1.807) is 42.2 Å². The molecule has 1 saturated heterocycles. The fourth-order valence-corrected chi connectivity index (χ4v) is 7.48. The number of carbonyl (C=O) groups is 2. The van der Waals surface area contributed by atoms with Gasteiger partial charge in [-0.05, 0) is 84.7 Å². The third kappa shape index (κ3) is 7.45. The van der Waals surface area contributed by atoms with E-state index in [0.29, 0.717) is 22.0 Å². The van der Waals surface area contributed by atoms with E-state index < -0.39 is 40.2 Å². The Balaban J connectivity index is 1.59. The molecular weight excluding hydrogens is 626 g/mol. The maximum absolute atomic E-state index is 14.6. The van der Waals surface area contributed by atoms with Crippen LogP contribution in [0.3, 0.4) is 0 Å². The summed E-state index contributed by atoms with van der Waals surface area (Å²) in [6.07, 6.45) is 1.82. The standard InChI is InChI=1S/C33H35Cl2FN2O5S/c1-33(19-30(39)40)18-28(24-5-3-6-26(35)17-24)31(23-10-12-25(34)13-11-23)38(32(33)41)29(22-8-9-22)20-37(44(42)43)15-14-21-4-2-7-27(36)16-21/h2-7,10-13,16-17,22,28-29,31,44H,8-9,14-15,18-20H2,1H3,(H,39,40)/t28?,29?,31-,33-/m1/s1. The number of carboxylic acids is 1. The number of nitrogens with zero attached hydrogens (tertiary/aromatic N) is 2. The minimum atomic E-state index is -3.03. The first kappa shape index (κ1) is 32.4. The lowest BCUT2D eigenvalue weighted by atomic mass is 9.67. The Morgan fingerprint density at radius 3 is 2.36 bits per heavy atom. The molecule has 0 aromatic heterocycles. The lowest BCUT2D eigenvalue weighted by Gasteiger charge is -2.52. The Kier molecular flexibility index (Phi) is 9.99. The number of benzene rings is 3. The molecule has 1 amide bonds. The molecule has 1 heterocycles. The smallest absolute Gasteiger partial charge is 0.304 e. The fraction of sp³-hybridized carbons (Fsp3) is 0.394. The van der Waals surface area contributed by atoms with Gasteiger partial charge in [-0.15, -0.1) is 0 Å². The summed E-state index contributed by atoms with van der Waals surface area (Å²) in [4.78, 5) is 28.5. The lowest BCUT2D eigenvalue weighted by molar-refractivity contribution is -0.161. The molecule has 2 aliphatic rings. The Hall–Kier alpha value is -2.98. The topological polar surface area (TPSA) is 95.0 Å². The van der Waals surface area contributed by atoms with Crippen molar-refractivity contribution in [2.75, 3.05) is 13.1 Å². The normalized spacial score (nSPS) is 22.9. The molecule has 234 valence electrons. The number of hydrogen-bond acceptors (Lipinski definition) is 4. The Morgan fingerprint density at radius 1 is 1.05 bits per heavy atom. The average molecular weight is 662 g/mol. The van der Waals surface area contributed by atoms with E-state index in [1.807, 2.05) is 30.3 Å². The van der Waals surface area contributed by atoms with E-state index in [0.717, 1.165) is 24.0 Å². The summed E-state index contributed by atoms with van der Waals surface area (Å²) in [5, 5.41) is 11.0. The highest BCUT2D eigenvalue weighted by Crippen LogP contribution is 2.54. The molecule has 3 aromatic carbocycles. The van der Waals surface area contributed by atoms with Gasteiger partial charge in [0.15, 0.2) is 0 Å². The van der Waals surface area contributed by atoms with Gasteiger partial charge in [0.1, 0.15) is 5.82 Å². The first-order valence-corrected chi connectivity index (χ1v) is 16.5. The molecule has 2 fully saturated rings. The Bertz CT molecular complexity index is 1590. The van der Waals surface area contributed by atoms with Gasteiger partial charge in [0, 0.05) is 35.1 Å². The number of aliphatic carboxylic acids is 1. The molecule has 11 heteroatoms. The van der Waals surface area contributed by atoms with Gasteiger partial charge in [-0.2, -0.15) is 0 Å². The first-order valence-electron chi connectivity index (χ1n) is 14.6. The summed E-state index contributed by atoms with van der Waals surface area (Å²) in [5.41, 5.74) is 1.09. The summed E-state index contributed by atoms with van der Waals surface area (Å²) in [7, 11) is -3.03. The van der Waals surface area contributed by atoms with Crippen LogP contribution in [0.5, 0.6) is 0 Å². The van der Waals surface area contributed by atoms with Crippen LogP contribution in [0.1, 0.15) is 61.3 Å². The highest BCUT2D eigenvalue weighted by molar-refractivity contribution is 7.69. The maximum atomic E-state index is 14.6. The molecule has 44 heavy (non-hydrogen) atoms. The van der Waals surface area contributed by atoms with E-state index in [-0.39, 0.29) is 43.7 Å². The molecule has 5 rings (SSSR count). The SMILES string of the molecule is C[C@]1(CC(=O)O)CC(c2cccc(Cl)c2)[C@@H](c2ccc(Cl)cc2)N(C(CN(CCc2cccc(F)c2)[SH](=O)=O)C2CC2)C1=O. The van der Waals surface area contributed by atoms with Crippen molar-refractivity contribution >= 4 is 46.0 Å². The number of thiol groups is 1. The molecule has 1 N–H and O–H groups in total. The average Bonchev–Trinajstić information content (AvgIpc) is 3.80. The zero-order chi connectivity index (χ0) is 31.6. The molecule has 2 unspecified atom stereocenters. The van der Waals surface area contributed by atoms with Crippen LogP contribution < -0.4 is 0 Å². The molecule has 1 aliphatic carbocycles. The molecule has 3 aromatic rings. The largest absolute Gasteiger partial charge is 0.481 e. The van der Waals surface area contributed by atoms with Crippen LogP contribution in [0.2, 0.25) is 10.0 Å². The van der Waals surface area contributed by atoms with Crippen molar-refractivity contribution in [2.45, 2.75) is 57.0 Å². The monoisotopic (exact) mass is 660 g/mol. The zero-order valence-corrected chi connectivity index (χ0v) is 26.6. The Morgan fingerprint density at radius 2 is 1.75 bits per heavy atom. The number of carboxylic acid groups (broad SMARTS) is 1. The summed E-state index contributed by atoms with van der Waals surface area (Å²) in [5.74, 6) is -2.10. The second-order valence-electron chi connectivity index (χ2n) is 12.1. The van der Waals surface area contributed by atoms with Crippen molar-refractivity contribution < 1.29 is 27.5 Å². The highest BCUT2D eigenvalue weighted by Gasteiger charge is 2.54. The fourth-order valence-electron chi connectivity index (χ4n) is 6.60. The number of amides is 1. The van der Waals surface area contributed by atoms with Gasteiger partial charge >= 0.3 is 5.97 Å². The highest BCUT2D eigenvalue weighted by atomic mass is 35.5. The molecule has 0 spiro atoms. The van der Waals surface area contributed by atoms with E-state index in [1.165, 1.54) is 16.4 Å². The van der Waals surface area contributed by atoms with Crippen molar-refractivity contribution in [1.29, 1.82) is 0 Å². The van der Waals surface area contributed by atoms with Gasteiger partial charge in [-0.3, -0.25) is 9.59 Å². The van der Waals surface area contributed by atoms with Gasteiger partial charge in [0.2, 0.25) is 16.8 Å². The maximum Gasteiger partial charge on any atom is 0.304 e. The second kappa shape index (κ2) is 13.6. The molecule has 0 bridgehead atoms. The van der Waals surface area contributed by atoms with Crippen molar-refractivity contribution in [3.05, 3.63) is 105 Å². The van der Waals surface area contributed by atoms with Crippen molar-refractivity contribution in [3.8, 4) is 0 Å².